The van der Waals surface area contributed by atoms with E-state index in [1.165, 1.54) is 4.90 Å². The van der Waals surface area contributed by atoms with E-state index in [2.05, 4.69) is 10.6 Å². The number of carbonyl (C=O) groups excluding carboxylic acids is 4. The monoisotopic (exact) mass is 639 g/mol. The van der Waals surface area contributed by atoms with Gasteiger partial charge in [0, 0.05) is 13.0 Å². The molecule has 0 fully saturated rings. The topological polar surface area (TPSA) is 134 Å². The molecule has 4 unspecified atom stereocenters. The van der Waals surface area contributed by atoms with Crippen molar-refractivity contribution in [3.63, 3.8) is 0 Å². The molecule has 0 saturated carbocycles. The number of benzene rings is 2. The number of nitrogens with one attached hydrogen (secondary N) is 2. The Morgan fingerprint density at radius 3 is 1.91 bits per heavy atom. The third-order valence-electron chi connectivity index (χ3n) is 7.44. The van der Waals surface area contributed by atoms with E-state index in [1.807, 2.05) is 76.2 Å². The molecule has 0 spiro atoms. The standard InChI is InChI=1S/C36H53N3O7/c1-11-23(2)29(38-34(44)46-36(8,9)10)32(42)39(20-21-40)30(28-24(3)16-15-17-25(28)4)31(41)37-27(33(43)45-35(5,6)7)22-26-18-13-12-14-19-26/h12-19,23,27,29-30,40H,11,20-22H2,1-10H3,(H,37,41)(H,38,44). The van der Waals surface area contributed by atoms with Gasteiger partial charge in [-0.1, -0.05) is 68.8 Å². The van der Waals surface area contributed by atoms with E-state index in [-0.39, 0.29) is 18.9 Å². The van der Waals surface area contributed by atoms with Crippen molar-refractivity contribution in [2.45, 2.75) is 111 Å². The van der Waals surface area contributed by atoms with E-state index in [9.17, 15) is 24.3 Å². The van der Waals surface area contributed by atoms with Crippen molar-refractivity contribution in [3.8, 4) is 0 Å². The Labute approximate surface area is 274 Å². The fraction of sp³-hybridized carbons (Fsp3) is 0.556. The maximum Gasteiger partial charge on any atom is 0.408 e. The predicted octanol–water partition coefficient (Wildman–Crippen LogP) is 5.17. The molecule has 254 valence electrons. The van der Waals surface area contributed by atoms with Gasteiger partial charge in [0.1, 0.15) is 29.3 Å². The summed E-state index contributed by atoms with van der Waals surface area (Å²) < 4.78 is 11.2. The average Bonchev–Trinajstić information content (AvgIpc) is 2.94. The van der Waals surface area contributed by atoms with Crippen LogP contribution in [0.3, 0.4) is 0 Å². The summed E-state index contributed by atoms with van der Waals surface area (Å²) in [4.78, 5) is 56.6. The third-order valence-corrected chi connectivity index (χ3v) is 7.44. The lowest BCUT2D eigenvalue weighted by atomic mass is 9.91. The van der Waals surface area contributed by atoms with E-state index in [0.29, 0.717) is 12.0 Å². The minimum atomic E-state index is -1.24. The zero-order valence-electron chi connectivity index (χ0n) is 29.1. The number of aliphatic hydroxyl groups excluding tert-OH is 1. The summed E-state index contributed by atoms with van der Waals surface area (Å²) >= 11 is 0. The molecule has 4 atom stereocenters. The number of esters is 1. The number of carbonyl (C=O) groups is 4. The number of ether oxygens (including phenoxy) is 2. The minimum absolute atomic E-state index is 0.157. The first-order valence-corrected chi connectivity index (χ1v) is 15.9. The first kappa shape index (κ1) is 38.3. The highest BCUT2D eigenvalue weighted by molar-refractivity contribution is 5.94. The van der Waals surface area contributed by atoms with Crippen LogP contribution in [0.4, 0.5) is 4.79 Å². The van der Waals surface area contributed by atoms with Gasteiger partial charge in [-0.15, -0.1) is 0 Å². The van der Waals surface area contributed by atoms with Crippen LogP contribution in [0.5, 0.6) is 0 Å². The summed E-state index contributed by atoms with van der Waals surface area (Å²) in [6.45, 7) is 17.2. The van der Waals surface area contributed by atoms with Gasteiger partial charge in [0.2, 0.25) is 11.8 Å². The molecular formula is C36H53N3O7. The van der Waals surface area contributed by atoms with E-state index < -0.39 is 59.8 Å². The lowest BCUT2D eigenvalue weighted by molar-refractivity contribution is -0.159. The molecule has 3 amide bonds. The Kier molecular flexibility index (Phi) is 13.8. The van der Waals surface area contributed by atoms with Crippen molar-refractivity contribution in [3.05, 3.63) is 70.8 Å². The zero-order valence-corrected chi connectivity index (χ0v) is 29.1. The highest BCUT2D eigenvalue weighted by atomic mass is 16.6. The van der Waals surface area contributed by atoms with Crippen molar-refractivity contribution < 1.29 is 33.8 Å². The van der Waals surface area contributed by atoms with Crippen molar-refractivity contribution >= 4 is 23.9 Å². The largest absolute Gasteiger partial charge is 0.458 e. The van der Waals surface area contributed by atoms with Crippen LogP contribution >= 0.6 is 0 Å². The van der Waals surface area contributed by atoms with Gasteiger partial charge in [0.25, 0.3) is 0 Å². The zero-order chi connectivity index (χ0) is 34.8. The van der Waals surface area contributed by atoms with Gasteiger partial charge in [0.05, 0.1) is 6.61 Å². The molecule has 46 heavy (non-hydrogen) atoms. The van der Waals surface area contributed by atoms with Crippen molar-refractivity contribution in [1.82, 2.24) is 15.5 Å². The minimum Gasteiger partial charge on any atom is -0.458 e. The number of nitrogens with zero attached hydrogens (tertiary/aromatic N) is 1. The maximum absolute atomic E-state index is 14.5. The Morgan fingerprint density at radius 2 is 1.41 bits per heavy atom. The molecule has 0 aromatic heterocycles. The second kappa shape index (κ2) is 16.6. The highest BCUT2D eigenvalue weighted by Crippen LogP contribution is 2.30. The summed E-state index contributed by atoms with van der Waals surface area (Å²) in [6.07, 6.45) is -0.0713. The number of amides is 3. The summed E-state index contributed by atoms with van der Waals surface area (Å²) in [6, 6.07) is 11.4. The Balaban J connectivity index is 2.66. The molecule has 10 heteroatoms. The van der Waals surface area contributed by atoms with Gasteiger partial charge in [-0.25, -0.2) is 9.59 Å². The van der Waals surface area contributed by atoms with Crippen molar-refractivity contribution in [2.75, 3.05) is 13.2 Å². The first-order valence-electron chi connectivity index (χ1n) is 15.9. The van der Waals surface area contributed by atoms with Gasteiger partial charge in [-0.3, -0.25) is 9.59 Å². The van der Waals surface area contributed by atoms with E-state index in [1.54, 1.807) is 41.5 Å². The molecule has 0 heterocycles. The molecule has 2 aromatic carbocycles. The molecule has 0 aliphatic rings. The van der Waals surface area contributed by atoms with Gasteiger partial charge in [-0.05, 0) is 83.6 Å². The Morgan fingerprint density at radius 1 is 0.848 bits per heavy atom. The molecular weight excluding hydrogens is 586 g/mol. The maximum atomic E-state index is 14.5. The van der Waals surface area contributed by atoms with Crippen LogP contribution in [0.1, 0.15) is 90.1 Å². The summed E-state index contributed by atoms with van der Waals surface area (Å²) in [5.41, 5.74) is 1.25. The van der Waals surface area contributed by atoms with Crippen LogP contribution in [0.25, 0.3) is 0 Å². The third kappa shape index (κ3) is 11.5. The second-order valence-electron chi connectivity index (χ2n) is 13.8. The Bertz CT molecular complexity index is 1310. The van der Waals surface area contributed by atoms with Crippen LogP contribution in [-0.4, -0.2) is 70.3 Å². The summed E-state index contributed by atoms with van der Waals surface area (Å²) in [5, 5.41) is 15.8. The van der Waals surface area contributed by atoms with Crippen LogP contribution in [0.15, 0.2) is 48.5 Å². The normalized spacial score (nSPS) is 14.3. The number of aliphatic hydroxyl groups is 1. The van der Waals surface area contributed by atoms with Crippen LogP contribution in [0, 0.1) is 19.8 Å². The van der Waals surface area contributed by atoms with Gasteiger partial charge < -0.3 is 30.1 Å². The van der Waals surface area contributed by atoms with Crippen LogP contribution in [-0.2, 0) is 30.3 Å². The molecule has 0 bridgehead atoms. The van der Waals surface area contributed by atoms with Gasteiger partial charge in [-0.2, -0.15) is 0 Å². The van der Waals surface area contributed by atoms with Crippen molar-refractivity contribution in [2.24, 2.45) is 5.92 Å². The number of alkyl carbamates (subject to hydrolysis) is 1. The van der Waals surface area contributed by atoms with Crippen LogP contribution in [0.2, 0.25) is 0 Å². The molecule has 0 radical (unpaired) electrons. The SMILES string of the molecule is CCC(C)C(NC(=O)OC(C)(C)C)C(=O)N(CCO)C(C(=O)NC(Cc1ccccc1)C(=O)OC(C)(C)C)c1c(C)cccc1C. The second-order valence-corrected chi connectivity index (χ2v) is 13.8. The van der Waals surface area contributed by atoms with E-state index in [0.717, 1.165) is 16.7 Å². The lowest BCUT2D eigenvalue weighted by Crippen LogP contribution is -2.57. The molecule has 2 aromatic rings. The Hall–Kier alpha value is -3.92. The average molecular weight is 640 g/mol. The van der Waals surface area contributed by atoms with E-state index >= 15 is 0 Å². The molecule has 0 aliphatic heterocycles. The fourth-order valence-electron chi connectivity index (χ4n) is 5.12. The molecule has 3 N–H and O–H groups in total. The molecule has 2 rings (SSSR count). The van der Waals surface area contributed by atoms with E-state index in [4.69, 9.17) is 9.47 Å². The molecule has 0 saturated heterocycles. The van der Waals surface area contributed by atoms with Gasteiger partial charge in [0.15, 0.2) is 0 Å². The van der Waals surface area contributed by atoms with Crippen LogP contribution < -0.4 is 10.6 Å². The number of rotatable bonds is 13. The van der Waals surface area contributed by atoms with Crippen molar-refractivity contribution in [1.29, 1.82) is 0 Å². The summed E-state index contributed by atoms with van der Waals surface area (Å²) in [7, 11) is 0. The molecule has 0 aliphatic carbocycles. The summed E-state index contributed by atoms with van der Waals surface area (Å²) in [5.74, 6) is -2.13. The number of hydrogen-bond donors (Lipinski definition) is 3. The first-order chi connectivity index (χ1) is 21.4. The quantitative estimate of drug-likeness (QED) is 0.257. The number of aryl methyl sites for hydroxylation is 2. The smallest absolute Gasteiger partial charge is 0.408 e. The fourth-order valence-corrected chi connectivity index (χ4v) is 5.12. The highest BCUT2D eigenvalue weighted by Gasteiger charge is 2.40. The van der Waals surface area contributed by atoms with Gasteiger partial charge >= 0.3 is 12.1 Å². The number of hydrogen-bond acceptors (Lipinski definition) is 7. The molecule has 10 nitrogen and oxygen atoms in total. The predicted molar refractivity (Wildman–Crippen MR) is 178 cm³/mol. The lowest BCUT2D eigenvalue weighted by Gasteiger charge is -2.37.